The molecule has 25 heavy (non-hydrogen) atoms. The molecule has 2 atom stereocenters. The van der Waals surface area contributed by atoms with E-state index in [4.69, 9.17) is 9.47 Å². The van der Waals surface area contributed by atoms with Crippen molar-refractivity contribution in [2.24, 2.45) is 5.92 Å². The summed E-state index contributed by atoms with van der Waals surface area (Å²) in [5.74, 6) is 2.73. The second kappa shape index (κ2) is 7.39. The predicted molar refractivity (Wildman–Crippen MR) is 95.9 cm³/mol. The number of imidazole rings is 1. The molecule has 1 aliphatic heterocycles. The van der Waals surface area contributed by atoms with Crippen LogP contribution in [0.2, 0.25) is 0 Å². The van der Waals surface area contributed by atoms with Crippen molar-refractivity contribution in [1.82, 2.24) is 19.9 Å². The number of ether oxygens (including phenoxy) is 2. The van der Waals surface area contributed by atoms with Gasteiger partial charge in [-0.25, -0.2) is 4.98 Å². The quantitative estimate of drug-likeness (QED) is 0.867. The molecule has 0 unspecified atom stereocenters. The van der Waals surface area contributed by atoms with E-state index in [2.05, 4.69) is 38.7 Å². The zero-order valence-electron chi connectivity index (χ0n) is 15.6. The van der Waals surface area contributed by atoms with Crippen molar-refractivity contribution in [3.05, 3.63) is 29.6 Å². The number of aromatic nitrogens is 4. The highest BCUT2D eigenvalue weighted by Crippen LogP contribution is 2.35. The van der Waals surface area contributed by atoms with Crippen LogP contribution in [-0.2, 0) is 4.74 Å². The summed E-state index contributed by atoms with van der Waals surface area (Å²) in [6.45, 7) is 9.65. The summed E-state index contributed by atoms with van der Waals surface area (Å²) in [6, 6.07) is 0.0898. The van der Waals surface area contributed by atoms with Gasteiger partial charge < -0.3 is 19.4 Å². The standard InChI is InChI=1S/C18H27N5O2/c1-11(2)10-25-17-8-19-7-16(22-17)23-9-14(24-5)6-15(23)18-20-12(3)13(4)21-18/h7-8,11,14-15H,6,9-10H2,1-5H3,(H,20,21)/t14-,15+/m1/s1. The second-order valence-corrected chi connectivity index (χ2v) is 7.01. The Labute approximate surface area is 148 Å². The van der Waals surface area contributed by atoms with E-state index in [0.717, 1.165) is 36.0 Å². The third-order valence-corrected chi connectivity index (χ3v) is 4.52. The van der Waals surface area contributed by atoms with Gasteiger partial charge in [0.25, 0.3) is 0 Å². The molecule has 0 amide bonds. The van der Waals surface area contributed by atoms with Crippen molar-refractivity contribution in [3.63, 3.8) is 0 Å². The summed E-state index contributed by atoms with van der Waals surface area (Å²) in [5.41, 5.74) is 2.12. The molecule has 0 radical (unpaired) electrons. The summed E-state index contributed by atoms with van der Waals surface area (Å²) < 4.78 is 11.3. The lowest BCUT2D eigenvalue weighted by Gasteiger charge is -2.24. The van der Waals surface area contributed by atoms with Crippen molar-refractivity contribution < 1.29 is 9.47 Å². The maximum absolute atomic E-state index is 5.73. The molecule has 1 N–H and O–H groups in total. The second-order valence-electron chi connectivity index (χ2n) is 7.01. The van der Waals surface area contributed by atoms with Crippen LogP contribution in [0.25, 0.3) is 0 Å². The van der Waals surface area contributed by atoms with Crippen LogP contribution in [0, 0.1) is 19.8 Å². The van der Waals surface area contributed by atoms with E-state index >= 15 is 0 Å². The Balaban J connectivity index is 1.86. The number of nitrogens with zero attached hydrogens (tertiary/aromatic N) is 4. The van der Waals surface area contributed by atoms with E-state index < -0.39 is 0 Å². The molecular formula is C18H27N5O2. The largest absolute Gasteiger partial charge is 0.476 e. The van der Waals surface area contributed by atoms with Crippen LogP contribution >= 0.6 is 0 Å². The molecule has 2 aromatic heterocycles. The Morgan fingerprint density at radius 1 is 1.28 bits per heavy atom. The number of hydrogen-bond acceptors (Lipinski definition) is 6. The number of methoxy groups -OCH3 is 1. The van der Waals surface area contributed by atoms with Gasteiger partial charge in [-0.2, -0.15) is 4.98 Å². The number of aryl methyl sites for hydroxylation is 2. The third kappa shape index (κ3) is 3.92. The molecule has 1 saturated heterocycles. The van der Waals surface area contributed by atoms with E-state index in [0.29, 0.717) is 18.4 Å². The molecule has 7 nitrogen and oxygen atoms in total. The number of nitrogens with one attached hydrogen (secondary N) is 1. The average molecular weight is 345 g/mol. The highest BCUT2D eigenvalue weighted by Gasteiger charge is 2.36. The zero-order chi connectivity index (χ0) is 18.0. The van der Waals surface area contributed by atoms with Crippen LogP contribution in [0.1, 0.15) is 43.5 Å². The van der Waals surface area contributed by atoms with Crippen LogP contribution in [-0.4, -0.2) is 46.3 Å². The van der Waals surface area contributed by atoms with Crippen LogP contribution in [0.15, 0.2) is 12.4 Å². The van der Waals surface area contributed by atoms with E-state index in [1.54, 1.807) is 19.5 Å². The molecule has 0 bridgehead atoms. The number of H-pyrrole nitrogens is 1. The molecule has 1 fully saturated rings. The highest BCUT2D eigenvalue weighted by atomic mass is 16.5. The average Bonchev–Trinajstić information content (AvgIpc) is 3.17. The number of rotatable bonds is 6. The molecule has 1 aliphatic rings. The van der Waals surface area contributed by atoms with E-state index in [1.807, 2.05) is 13.8 Å². The fourth-order valence-electron chi connectivity index (χ4n) is 3.01. The van der Waals surface area contributed by atoms with Crippen LogP contribution in [0.4, 0.5) is 5.82 Å². The predicted octanol–water partition coefficient (Wildman–Crippen LogP) is 2.82. The minimum absolute atomic E-state index is 0.0898. The van der Waals surface area contributed by atoms with Gasteiger partial charge in [0.2, 0.25) is 5.88 Å². The fourth-order valence-corrected chi connectivity index (χ4v) is 3.01. The van der Waals surface area contributed by atoms with Gasteiger partial charge in [-0.3, -0.25) is 4.98 Å². The first kappa shape index (κ1) is 17.7. The van der Waals surface area contributed by atoms with Crippen molar-refractivity contribution >= 4 is 5.82 Å². The Kier molecular flexibility index (Phi) is 5.22. The van der Waals surface area contributed by atoms with Crippen molar-refractivity contribution in [1.29, 1.82) is 0 Å². The lowest BCUT2D eigenvalue weighted by atomic mass is 10.2. The van der Waals surface area contributed by atoms with Crippen LogP contribution < -0.4 is 9.64 Å². The normalized spacial score (nSPS) is 20.5. The van der Waals surface area contributed by atoms with Crippen molar-refractivity contribution in [3.8, 4) is 5.88 Å². The first-order valence-electron chi connectivity index (χ1n) is 8.75. The van der Waals surface area contributed by atoms with Gasteiger partial charge in [-0.15, -0.1) is 0 Å². The summed E-state index contributed by atoms with van der Waals surface area (Å²) in [5, 5.41) is 0. The summed E-state index contributed by atoms with van der Waals surface area (Å²) in [6.07, 6.45) is 4.43. The lowest BCUT2D eigenvalue weighted by molar-refractivity contribution is 0.118. The van der Waals surface area contributed by atoms with Gasteiger partial charge >= 0.3 is 0 Å². The summed E-state index contributed by atoms with van der Waals surface area (Å²) in [4.78, 5) is 19.2. The first-order valence-corrected chi connectivity index (χ1v) is 8.75. The molecule has 3 rings (SSSR count). The first-order chi connectivity index (χ1) is 12.0. The maximum atomic E-state index is 5.73. The molecule has 3 heterocycles. The molecule has 0 saturated carbocycles. The summed E-state index contributed by atoms with van der Waals surface area (Å²) >= 11 is 0. The molecule has 7 heteroatoms. The number of hydrogen-bond donors (Lipinski definition) is 1. The topological polar surface area (TPSA) is 76.2 Å². The SMILES string of the molecule is CO[C@@H]1C[C@@H](c2nc(C)c(C)[nH]2)N(c2cncc(OCC(C)C)n2)C1. The lowest BCUT2D eigenvalue weighted by Crippen LogP contribution is -2.26. The fraction of sp³-hybridized carbons (Fsp3) is 0.611. The molecule has 136 valence electrons. The summed E-state index contributed by atoms with van der Waals surface area (Å²) in [7, 11) is 1.75. The number of aromatic amines is 1. The van der Waals surface area contributed by atoms with Gasteiger partial charge in [0, 0.05) is 25.8 Å². The van der Waals surface area contributed by atoms with E-state index in [9.17, 15) is 0 Å². The van der Waals surface area contributed by atoms with Gasteiger partial charge in [0.15, 0.2) is 5.82 Å². The zero-order valence-corrected chi connectivity index (χ0v) is 15.6. The van der Waals surface area contributed by atoms with Crippen molar-refractivity contribution in [2.45, 2.75) is 46.3 Å². The van der Waals surface area contributed by atoms with E-state index in [-0.39, 0.29) is 12.1 Å². The Bertz CT molecular complexity index is 696. The molecule has 2 aromatic rings. The smallest absolute Gasteiger partial charge is 0.234 e. The maximum Gasteiger partial charge on any atom is 0.234 e. The van der Waals surface area contributed by atoms with Gasteiger partial charge in [0.1, 0.15) is 5.82 Å². The monoisotopic (exact) mass is 345 g/mol. The number of anilines is 1. The molecular weight excluding hydrogens is 318 g/mol. The molecule has 0 aromatic carbocycles. The Morgan fingerprint density at radius 2 is 2.08 bits per heavy atom. The third-order valence-electron chi connectivity index (χ3n) is 4.52. The highest BCUT2D eigenvalue weighted by molar-refractivity contribution is 5.42. The molecule has 0 spiro atoms. The molecule has 0 aliphatic carbocycles. The Hall–Kier alpha value is -2.15. The van der Waals surface area contributed by atoms with Crippen LogP contribution in [0.3, 0.4) is 0 Å². The van der Waals surface area contributed by atoms with Gasteiger partial charge in [0.05, 0.1) is 36.8 Å². The Morgan fingerprint density at radius 3 is 2.72 bits per heavy atom. The minimum Gasteiger partial charge on any atom is -0.476 e. The van der Waals surface area contributed by atoms with Crippen molar-refractivity contribution in [2.75, 3.05) is 25.2 Å². The van der Waals surface area contributed by atoms with E-state index in [1.165, 1.54) is 0 Å². The van der Waals surface area contributed by atoms with Gasteiger partial charge in [-0.1, -0.05) is 13.8 Å². The van der Waals surface area contributed by atoms with Gasteiger partial charge in [-0.05, 0) is 19.8 Å². The minimum atomic E-state index is 0.0898. The van der Waals surface area contributed by atoms with Crippen LogP contribution in [0.5, 0.6) is 5.88 Å².